The van der Waals surface area contributed by atoms with Crippen LogP contribution in [0.25, 0.3) is 0 Å². The highest BCUT2D eigenvalue weighted by Gasteiger charge is 2.28. The maximum Gasteiger partial charge on any atom is 0.160 e. The van der Waals surface area contributed by atoms with E-state index in [4.69, 9.17) is 4.74 Å². The van der Waals surface area contributed by atoms with Crippen molar-refractivity contribution < 1.29 is 4.74 Å². The summed E-state index contributed by atoms with van der Waals surface area (Å²) in [5.74, 6) is 1.46. The lowest BCUT2D eigenvalue weighted by molar-refractivity contribution is 0.399. The first-order valence-corrected chi connectivity index (χ1v) is 6.85. The Balaban J connectivity index is 2.29. The highest BCUT2D eigenvalue weighted by molar-refractivity contribution is 9.09. The maximum absolute atomic E-state index is 5.40. The second-order valence-corrected chi connectivity index (χ2v) is 5.66. The average Bonchev–Trinajstić information content (AvgIpc) is 2.51. The average molecular weight is 287 g/mol. The first-order chi connectivity index (χ1) is 7.74. The number of halogens is 1. The SMILES string of the molecule is COc1cnn(C)c1C1CCCCCC1Br. The Morgan fingerprint density at radius 2 is 2.12 bits per heavy atom. The lowest BCUT2D eigenvalue weighted by Gasteiger charge is -2.21. The van der Waals surface area contributed by atoms with Crippen LogP contribution < -0.4 is 4.74 Å². The first kappa shape index (κ1) is 12.0. The Bertz CT molecular complexity index is 351. The minimum atomic E-state index is 0.532. The Morgan fingerprint density at radius 3 is 2.88 bits per heavy atom. The van der Waals surface area contributed by atoms with Gasteiger partial charge >= 0.3 is 0 Å². The molecule has 0 N–H and O–H groups in total. The van der Waals surface area contributed by atoms with Gasteiger partial charge in [0, 0.05) is 17.8 Å². The number of aryl methyl sites for hydroxylation is 1. The molecule has 2 unspecified atom stereocenters. The van der Waals surface area contributed by atoms with E-state index >= 15 is 0 Å². The van der Waals surface area contributed by atoms with E-state index in [1.807, 2.05) is 17.9 Å². The highest BCUT2D eigenvalue weighted by atomic mass is 79.9. The number of hydrogen-bond donors (Lipinski definition) is 0. The molecule has 2 atom stereocenters. The molecule has 1 aromatic rings. The van der Waals surface area contributed by atoms with E-state index in [-0.39, 0.29) is 0 Å². The van der Waals surface area contributed by atoms with Gasteiger partial charge in [-0.3, -0.25) is 4.68 Å². The predicted octanol–water partition coefficient (Wildman–Crippen LogP) is 3.24. The summed E-state index contributed by atoms with van der Waals surface area (Å²) in [7, 11) is 3.73. The smallest absolute Gasteiger partial charge is 0.160 e. The van der Waals surface area contributed by atoms with Gasteiger partial charge in [-0.1, -0.05) is 35.2 Å². The number of ether oxygens (including phenoxy) is 1. The number of rotatable bonds is 2. The second-order valence-electron chi connectivity index (χ2n) is 4.48. The number of hydrogen-bond acceptors (Lipinski definition) is 2. The van der Waals surface area contributed by atoms with Crippen LogP contribution in [0.15, 0.2) is 6.20 Å². The van der Waals surface area contributed by atoms with Gasteiger partial charge < -0.3 is 4.74 Å². The molecule has 0 saturated heterocycles. The summed E-state index contributed by atoms with van der Waals surface area (Å²) in [6.07, 6.45) is 8.28. The van der Waals surface area contributed by atoms with Gasteiger partial charge in [0.1, 0.15) is 0 Å². The summed E-state index contributed by atoms with van der Waals surface area (Å²) in [4.78, 5) is 0.555. The summed E-state index contributed by atoms with van der Waals surface area (Å²) in [5.41, 5.74) is 1.24. The Kier molecular flexibility index (Phi) is 3.90. The van der Waals surface area contributed by atoms with E-state index in [1.165, 1.54) is 37.8 Å². The normalized spacial score (nSPS) is 26.4. The standard InChI is InChI=1S/C12H19BrN2O/c1-15-12(11(16-2)8-14-15)9-6-4-3-5-7-10(9)13/h8-10H,3-7H2,1-2H3. The molecule has 1 aliphatic rings. The zero-order valence-corrected chi connectivity index (χ0v) is 11.5. The van der Waals surface area contributed by atoms with Crippen molar-refractivity contribution in [2.45, 2.75) is 42.8 Å². The molecule has 1 fully saturated rings. The van der Waals surface area contributed by atoms with E-state index in [0.717, 1.165) is 5.75 Å². The third-order valence-electron chi connectivity index (χ3n) is 3.45. The van der Waals surface area contributed by atoms with Crippen LogP contribution >= 0.6 is 15.9 Å². The first-order valence-electron chi connectivity index (χ1n) is 5.94. The molecule has 1 aliphatic carbocycles. The summed E-state index contributed by atoms with van der Waals surface area (Å²) in [6.45, 7) is 0. The van der Waals surface area contributed by atoms with Gasteiger partial charge in [-0.25, -0.2) is 0 Å². The molecule has 0 bridgehead atoms. The Labute approximate surface area is 105 Å². The van der Waals surface area contributed by atoms with Gasteiger partial charge in [0.15, 0.2) is 5.75 Å². The zero-order chi connectivity index (χ0) is 11.5. The van der Waals surface area contributed by atoms with Crippen molar-refractivity contribution in [1.29, 1.82) is 0 Å². The van der Waals surface area contributed by atoms with Crippen molar-refractivity contribution >= 4 is 15.9 Å². The lowest BCUT2D eigenvalue weighted by Crippen LogP contribution is -2.15. The number of alkyl halides is 1. The fraction of sp³-hybridized carbons (Fsp3) is 0.750. The largest absolute Gasteiger partial charge is 0.493 e. The van der Waals surface area contributed by atoms with Crippen molar-refractivity contribution in [2.24, 2.45) is 7.05 Å². The fourth-order valence-electron chi connectivity index (χ4n) is 2.58. The third-order valence-corrected chi connectivity index (χ3v) is 4.55. The molecule has 0 aromatic carbocycles. The molecule has 4 heteroatoms. The molecular formula is C12H19BrN2O. The van der Waals surface area contributed by atoms with Crippen LogP contribution in [0.5, 0.6) is 5.75 Å². The molecule has 1 aromatic heterocycles. The molecule has 2 rings (SSSR count). The van der Waals surface area contributed by atoms with E-state index in [2.05, 4.69) is 21.0 Å². The van der Waals surface area contributed by atoms with Crippen molar-refractivity contribution in [3.63, 3.8) is 0 Å². The topological polar surface area (TPSA) is 27.1 Å². The van der Waals surface area contributed by atoms with Crippen LogP contribution in [0.1, 0.15) is 43.7 Å². The van der Waals surface area contributed by atoms with Gasteiger partial charge in [0.05, 0.1) is 19.0 Å². The highest BCUT2D eigenvalue weighted by Crippen LogP contribution is 2.39. The number of nitrogens with zero attached hydrogens (tertiary/aromatic N) is 2. The molecule has 0 amide bonds. The van der Waals surface area contributed by atoms with Crippen molar-refractivity contribution in [1.82, 2.24) is 9.78 Å². The summed E-state index contributed by atoms with van der Waals surface area (Å²) in [6, 6.07) is 0. The van der Waals surface area contributed by atoms with Gasteiger partial charge in [0.2, 0.25) is 0 Å². The van der Waals surface area contributed by atoms with Gasteiger partial charge in [-0.05, 0) is 12.8 Å². The van der Waals surface area contributed by atoms with Gasteiger partial charge in [-0.2, -0.15) is 5.10 Å². The molecule has 16 heavy (non-hydrogen) atoms. The molecule has 0 spiro atoms. The lowest BCUT2D eigenvalue weighted by atomic mass is 9.96. The minimum absolute atomic E-state index is 0.532. The van der Waals surface area contributed by atoms with Crippen LogP contribution in [0.4, 0.5) is 0 Å². The number of methoxy groups -OCH3 is 1. The molecule has 1 heterocycles. The van der Waals surface area contributed by atoms with E-state index < -0.39 is 0 Å². The Hall–Kier alpha value is -0.510. The number of aromatic nitrogens is 2. The van der Waals surface area contributed by atoms with Gasteiger partial charge in [-0.15, -0.1) is 0 Å². The predicted molar refractivity (Wildman–Crippen MR) is 68.3 cm³/mol. The zero-order valence-electron chi connectivity index (χ0n) is 9.95. The fourth-order valence-corrected chi connectivity index (χ4v) is 3.42. The summed E-state index contributed by atoms with van der Waals surface area (Å²) >= 11 is 3.83. The molecule has 0 radical (unpaired) electrons. The molecule has 3 nitrogen and oxygen atoms in total. The van der Waals surface area contributed by atoms with Crippen LogP contribution in [0.3, 0.4) is 0 Å². The van der Waals surface area contributed by atoms with Crippen LogP contribution in [0, 0.1) is 0 Å². The van der Waals surface area contributed by atoms with E-state index in [9.17, 15) is 0 Å². The van der Waals surface area contributed by atoms with E-state index in [1.54, 1.807) is 7.11 Å². The third kappa shape index (κ3) is 2.26. The molecule has 90 valence electrons. The van der Waals surface area contributed by atoms with Crippen LogP contribution in [-0.2, 0) is 7.05 Å². The summed E-state index contributed by atoms with van der Waals surface area (Å²) in [5, 5.41) is 4.30. The molecule has 1 saturated carbocycles. The van der Waals surface area contributed by atoms with Crippen molar-refractivity contribution in [2.75, 3.05) is 7.11 Å². The van der Waals surface area contributed by atoms with Crippen LogP contribution in [0.2, 0.25) is 0 Å². The maximum atomic E-state index is 5.40. The quantitative estimate of drug-likeness (QED) is 0.617. The molecular weight excluding hydrogens is 268 g/mol. The summed E-state index contributed by atoms with van der Waals surface area (Å²) < 4.78 is 7.37. The van der Waals surface area contributed by atoms with Crippen molar-refractivity contribution in [3.8, 4) is 5.75 Å². The second kappa shape index (κ2) is 5.21. The van der Waals surface area contributed by atoms with Crippen molar-refractivity contribution in [3.05, 3.63) is 11.9 Å². The van der Waals surface area contributed by atoms with Crippen LogP contribution in [-0.4, -0.2) is 21.7 Å². The molecule has 0 aliphatic heterocycles. The van der Waals surface area contributed by atoms with Gasteiger partial charge in [0.25, 0.3) is 0 Å². The Morgan fingerprint density at radius 1 is 1.38 bits per heavy atom. The monoisotopic (exact) mass is 286 g/mol. The minimum Gasteiger partial charge on any atom is -0.493 e. The van der Waals surface area contributed by atoms with E-state index in [0.29, 0.717) is 10.7 Å².